The molecule has 3 fully saturated rings. The second kappa shape index (κ2) is 10.6. The van der Waals surface area contributed by atoms with Gasteiger partial charge in [0.1, 0.15) is 0 Å². The fraction of sp³-hybridized carbons (Fsp3) is 0.900. The van der Waals surface area contributed by atoms with E-state index in [2.05, 4.69) is 10.6 Å². The fourth-order valence-electron chi connectivity index (χ4n) is 5.34. The number of halogens is 1. The molecule has 0 aromatic rings. The average molecular weight is 403 g/mol. The number of nitrogens with one attached hydrogen (secondary N) is 2. The summed E-state index contributed by atoms with van der Waals surface area (Å²) in [6, 6.07) is 1.02. The lowest BCUT2D eigenvalue weighted by atomic mass is 9.83. The Balaban J connectivity index is 0.00000261. The number of piperidine rings is 2. The fourth-order valence-corrected chi connectivity index (χ4v) is 5.34. The molecule has 2 heterocycles. The number of carboxylic acids is 1. The smallest absolute Gasteiger partial charge is 0.417 e. The molecular formula is C20H37ClN3O3+. The highest BCUT2D eigenvalue weighted by Crippen LogP contribution is 2.31. The summed E-state index contributed by atoms with van der Waals surface area (Å²) in [6.07, 6.45) is 11.0. The van der Waals surface area contributed by atoms with Crippen molar-refractivity contribution in [2.24, 2.45) is 5.92 Å². The molecule has 2 amide bonds. The predicted molar refractivity (Wildman–Crippen MR) is 108 cm³/mol. The Labute approximate surface area is 169 Å². The summed E-state index contributed by atoms with van der Waals surface area (Å²) in [7, 11) is 0. The van der Waals surface area contributed by atoms with Gasteiger partial charge in [-0.05, 0) is 57.3 Å². The number of quaternary nitrogens is 1. The zero-order chi connectivity index (χ0) is 18.4. The summed E-state index contributed by atoms with van der Waals surface area (Å²) in [5, 5.41) is 15.7. The Morgan fingerprint density at radius 1 is 0.963 bits per heavy atom. The van der Waals surface area contributed by atoms with E-state index < -0.39 is 5.97 Å². The van der Waals surface area contributed by atoms with Gasteiger partial charge in [0, 0.05) is 38.4 Å². The second-order valence-corrected chi connectivity index (χ2v) is 8.62. The first kappa shape index (κ1) is 22.4. The van der Waals surface area contributed by atoms with Crippen LogP contribution in [0.5, 0.6) is 0 Å². The molecule has 0 unspecified atom stereocenters. The second-order valence-electron chi connectivity index (χ2n) is 8.62. The lowest BCUT2D eigenvalue weighted by molar-refractivity contribution is -0.882. The molecule has 0 spiro atoms. The SMILES string of the molecule is Cl.O=C(O)CCC1CCC(NC(=O)[N+]2(C3CCNCC3)CCCCC2)CC1. The molecule has 0 aromatic heterocycles. The van der Waals surface area contributed by atoms with E-state index in [0.717, 1.165) is 71.1 Å². The first-order valence-corrected chi connectivity index (χ1v) is 10.7. The Morgan fingerprint density at radius 2 is 1.59 bits per heavy atom. The largest absolute Gasteiger partial charge is 0.481 e. The number of amides is 2. The van der Waals surface area contributed by atoms with Crippen LogP contribution in [0.15, 0.2) is 0 Å². The maximum absolute atomic E-state index is 13.3. The van der Waals surface area contributed by atoms with Crippen molar-refractivity contribution in [1.29, 1.82) is 0 Å². The first-order chi connectivity index (χ1) is 12.6. The Hall–Kier alpha value is -0.850. The molecule has 1 aliphatic carbocycles. The highest BCUT2D eigenvalue weighted by atomic mass is 35.5. The maximum Gasteiger partial charge on any atom is 0.417 e. The number of nitrogens with zero attached hydrogens (tertiary/aromatic N) is 1. The van der Waals surface area contributed by atoms with Crippen molar-refractivity contribution in [2.75, 3.05) is 26.2 Å². The van der Waals surface area contributed by atoms with Gasteiger partial charge in [-0.3, -0.25) is 4.79 Å². The number of urea groups is 1. The molecule has 0 bridgehead atoms. The van der Waals surface area contributed by atoms with Gasteiger partial charge >= 0.3 is 12.0 Å². The number of rotatable bonds is 5. The lowest BCUT2D eigenvalue weighted by Gasteiger charge is -2.46. The molecule has 3 rings (SSSR count). The molecule has 27 heavy (non-hydrogen) atoms. The third-order valence-corrected chi connectivity index (χ3v) is 6.97. The van der Waals surface area contributed by atoms with Gasteiger partial charge in [0.15, 0.2) is 0 Å². The van der Waals surface area contributed by atoms with Gasteiger partial charge in [0.25, 0.3) is 0 Å². The molecule has 0 aromatic carbocycles. The van der Waals surface area contributed by atoms with Crippen molar-refractivity contribution >= 4 is 24.4 Å². The number of carbonyl (C=O) groups excluding carboxylic acids is 1. The van der Waals surface area contributed by atoms with Crippen LogP contribution >= 0.6 is 12.4 Å². The highest BCUT2D eigenvalue weighted by molar-refractivity contribution is 5.85. The number of hydrogen-bond donors (Lipinski definition) is 3. The Kier molecular flexibility index (Phi) is 8.83. The third kappa shape index (κ3) is 5.81. The van der Waals surface area contributed by atoms with Crippen LogP contribution in [0.1, 0.15) is 70.6 Å². The van der Waals surface area contributed by atoms with Crippen molar-refractivity contribution in [1.82, 2.24) is 10.6 Å². The van der Waals surface area contributed by atoms with Crippen LogP contribution in [0, 0.1) is 5.92 Å². The molecule has 2 aliphatic heterocycles. The van der Waals surface area contributed by atoms with Gasteiger partial charge in [-0.2, -0.15) is 0 Å². The molecular weight excluding hydrogens is 366 g/mol. The van der Waals surface area contributed by atoms with E-state index in [1.54, 1.807) is 0 Å². The standard InChI is InChI=1S/C20H35N3O3.ClH/c24-19(25)9-6-16-4-7-17(8-5-16)22-20(26)23(14-2-1-3-15-23)18-10-12-21-13-11-18;/h16-18,21H,1-15H2,(H-,22,24,25,26);1H/p+1. The van der Waals surface area contributed by atoms with Gasteiger partial charge in [-0.25, -0.2) is 9.28 Å². The molecule has 1 saturated carbocycles. The Bertz CT molecular complexity index is 483. The van der Waals surface area contributed by atoms with Gasteiger partial charge < -0.3 is 15.7 Å². The van der Waals surface area contributed by atoms with Crippen LogP contribution in [0.25, 0.3) is 0 Å². The normalized spacial score (nSPS) is 28.7. The number of carbonyl (C=O) groups is 2. The van der Waals surface area contributed by atoms with Crippen LogP contribution in [0.3, 0.4) is 0 Å². The summed E-state index contributed by atoms with van der Waals surface area (Å²) >= 11 is 0. The van der Waals surface area contributed by atoms with Crippen molar-refractivity contribution in [3.05, 3.63) is 0 Å². The van der Waals surface area contributed by atoms with Crippen molar-refractivity contribution in [3.63, 3.8) is 0 Å². The van der Waals surface area contributed by atoms with Gasteiger partial charge in [-0.15, -0.1) is 12.4 Å². The van der Waals surface area contributed by atoms with E-state index in [4.69, 9.17) is 5.11 Å². The minimum Gasteiger partial charge on any atom is -0.481 e. The lowest BCUT2D eigenvalue weighted by Crippen LogP contribution is -2.67. The van der Waals surface area contributed by atoms with Crippen LogP contribution in [0.2, 0.25) is 0 Å². The molecule has 156 valence electrons. The summed E-state index contributed by atoms with van der Waals surface area (Å²) in [6.45, 7) is 4.08. The van der Waals surface area contributed by atoms with E-state index in [0.29, 0.717) is 16.4 Å². The summed E-state index contributed by atoms with van der Waals surface area (Å²) in [5.74, 6) is -0.180. The monoisotopic (exact) mass is 402 g/mol. The zero-order valence-corrected chi connectivity index (χ0v) is 17.3. The van der Waals surface area contributed by atoms with E-state index >= 15 is 0 Å². The Morgan fingerprint density at radius 3 is 2.19 bits per heavy atom. The summed E-state index contributed by atoms with van der Waals surface area (Å²) in [4.78, 5) is 24.1. The van der Waals surface area contributed by atoms with Crippen LogP contribution in [0.4, 0.5) is 4.79 Å². The third-order valence-electron chi connectivity index (χ3n) is 6.97. The van der Waals surface area contributed by atoms with Gasteiger partial charge in [0.2, 0.25) is 0 Å². The summed E-state index contributed by atoms with van der Waals surface area (Å²) in [5.41, 5.74) is 0. The van der Waals surface area contributed by atoms with Gasteiger partial charge in [0.05, 0.1) is 19.1 Å². The van der Waals surface area contributed by atoms with E-state index in [1.165, 1.54) is 19.3 Å². The first-order valence-electron chi connectivity index (χ1n) is 10.7. The molecule has 0 atom stereocenters. The quantitative estimate of drug-likeness (QED) is 0.616. The van der Waals surface area contributed by atoms with Gasteiger partial charge in [-0.1, -0.05) is 0 Å². The predicted octanol–water partition coefficient (Wildman–Crippen LogP) is 3.29. The number of aliphatic carboxylic acids is 1. The highest BCUT2D eigenvalue weighted by Gasteiger charge is 2.46. The summed E-state index contributed by atoms with van der Waals surface area (Å²) < 4.78 is 0.667. The van der Waals surface area contributed by atoms with E-state index in [-0.39, 0.29) is 30.9 Å². The number of likely N-dealkylation sites (tertiary alicyclic amines) is 1. The molecule has 7 heteroatoms. The van der Waals surface area contributed by atoms with E-state index in [9.17, 15) is 9.59 Å². The molecule has 3 aliphatic rings. The van der Waals surface area contributed by atoms with Crippen molar-refractivity contribution in [3.8, 4) is 0 Å². The van der Waals surface area contributed by atoms with Crippen LogP contribution in [-0.2, 0) is 4.79 Å². The van der Waals surface area contributed by atoms with Crippen molar-refractivity contribution in [2.45, 2.75) is 82.7 Å². The minimum atomic E-state index is -0.695. The average Bonchev–Trinajstić information content (AvgIpc) is 2.68. The van der Waals surface area contributed by atoms with Crippen molar-refractivity contribution < 1.29 is 19.2 Å². The van der Waals surface area contributed by atoms with E-state index in [1.807, 2.05) is 0 Å². The van der Waals surface area contributed by atoms with Crippen LogP contribution < -0.4 is 10.6 Å². The molecule has 0 radical (unpaired) electrons. The molecule has 3 N–H and O–H groups in total. The molecule has 2 saturated heterocycles. The topological polar surface area (TPSA) is 78.4 Å². The maximum atomic E-state index is 13.3. The zero-order valence-electron chi connectivity index (χ0n) is 16.5. The van der Waals surface area contributed by atoms with Crippen LogP contribution in [-0.4, -0.2) is 59.9 Å². The number of hydrogen-bond acceptors (Lipinski definition) is 3. The number of carboxylic acid groups (broad SMARTS) is 1. The minimum absolute atomic E-state index is 0. The molecule has 6 nitrogen and oxygen atoms in total.